The molecular weight excluding hydrogens is 420 g/mol. The fourth-order valence-corrected chi connectivity index (χ4v) is 4.35. The van der Waals surface area contributed by atoms with E-state index in [2.05, 4.69) is 38.4 Å². The fourth-order valence-electron chi connectivity index (χ4n) is 2.35. The highest BCUT2D eigenvalue weighted by Crippen LogP contribution is 2.27. The van der Waals surface area contributed by atoms with E-state index in [0.29, 0.717) is 0 Å². The molecule has 8 heteroatoms. The van der Waals surface area contributed by atoms with E-state index in [1.165, 1.54) is 11.8 Å². The van der Waals surface area contributed by atoms with Crippen molar-refractivity contribution in [2.24, 2.45) is 0 Å². The third-order valence-electron chi connectivity index (χ3n) is 3.57. The summed E-state index contributed by atoms with van der Waals surface area (Å²) in [5, 5.41) is 14.2. The van der Waals surface area contributed by atoms with Gasteiger partial charge in [-0.2, -0.15) is 0 Å². The minimum Gasteiger partial charge on any atom is -0.325 e. The zero-order valence-electron chi connectivity index (χ0n) is 13.8. The maximum atomic E-state index is 12.3. The quantitative estimate of drug-likeness (QED) is 0.562. The van der Waals surface area contributed by atoms with E-state index in [4.69, 9.17) is 0 Å². The van der Waals surface area contributed by atoms with E-state index in [-0.39, 0.29) is 11.7 Å². The number of aryl methyl sites for hydroxylation is 1. The number of halogens is 1. The van der Waals surface area contributed by atoms with E-state index < -0.39 is 0 Å². The predicted octanol–water partition coefficient (Wildman–Crippen LogP) is 4.83. The summed E-state index contributed by atoms with van der Waals surface area (Å²) >= 11 is 6.46. The average Bonchev–Trinajstić information content (AvgIpc) is 3.24. The van der Waals surface area contributed by atoms with Gasteiger partial charge in [-0.05, 0) is 49.1 Å². The molecule has 0 saturated carbocycles. The number of hydrogen-bond donors (Lipinski definition) is 1. The van der Waals surface area contributed by atoms with Crippen molar-refractivity contribution >= 4 is 50.6 Å². The molecule has 1 N–H and O–H groups in total. The van der Waals surface area contributed by atoms with Crippen molar-refractivity contribution in [2.45, 2.75) is 25.5 Å². The summed E-state index contributed by atoms with van der Waals surface area (Å²) in [5.74, 6) is 1.08. The lowest BCUT2D eigenvalue weighted by molar-refractivity contribution is -0.113. The Labute approximate surface area is 163 Å². The Morgan fingerprint density at radius 2 is 2.20 bits per heavy atom. The lowest BCUT2D eigenvalue weighted by Gasteiger charge is -2.09. The normalized spacial score (nSPS) is 10.8. The standard InChI is InChI=1S/C17H17BrN4OS2/c1-3-22-16(14-5-4-8-24-14)20-21-17(22)25-10-15(23)19-13-7-6-12(18)9-11(13)2/h4-9H,3,10H2,1-2H3,(H,19,23). The predicted molar refractivity (Wildman–Crippen MR) is 107 cm³/mol. The molecule has 0 unspecified atom stereocenters. The Balaban J connectivity index is 1.66. The Bertz CT molecular complexity index is 877. The van der Waals surface area contributed by atoms with Gasteiger partial charge >= 0.3 is 0 Å². The number of thioether (sulfide) groups is 1. The van der Waals surface area contributed by atoms with Crippen LogP contribution in [0.25, 0.3) is 10.7 Å². The number of nitrogens with one attached hydrogen (secondary N) is 1. The van der Waals surface area contributed by atoms with Crippen molar-refractivity contribution in [1.82, 2.24) is 14.8 Å². The van der Waals surface area contributed by atoms with Crippen LogP contribution in [0.2, 0.25) is 0 Å². The summed E-state index contributed by atoms with van der Waals surface area (Å²) in [6, 6.07) is 9.81. The van der Waals surface area contributed by atoms with Gasteiger partial charge in [-0.15, -0.1) is 21.5 Å². The highest BCUT2D eigenvalue weighted by molar-refractivity contribution is 9.10. The zero-order chi connectivity index (χ0) is 17.8. The summed E-state index contributed by atoms with van der Waals surface area (Å²) in [4.78, 5) is 13.3. The number of thiophene rings is 1. The van der Waals surface area contributed by atoms with Crippen LogP contribution >= 0.6 is 39.0 Å². The van der Waals surface area contributed by atoms with Crippen LogP contribution < -0.4 is 5.32 Å². The van der Waals surface area contributed by atoms with Crippen molar-refractivity contribution in [3.05, 3.63) is 45.7 Å². The van der Waals surface area contributed by atoms with E-state index >= 15 is 0 Å². The molecule has 1 aromatic carbocycles. The van der Waals surface area contributed by atoms with E-state index in [9.17, 15) is 4.79 Å². The molecule has 0 aliphatic heterocycles. The van der Waals surface area contributed by atoms with Crippen LogP contribution in [0.5, 0.6) is 0 Å². The van der Waals surface area contributed by atoms with Crippen LogP contribution in [0, 0.1) is 6.92 Å². The third kappa shape index (κ3) is 4.31. The van der Waals surface area contributed by atoms with Crippen molar-refractivity contribution in [3.8, 4) is 10.7 Å². The van der Waals surface area contributed by atoms with Crippen LogP contribution in [0.3, 0.4) is 0 Å². The van der Waals surface area contributed by atoms with Gasteiger partial charge in [0.05, 0.1) is 10.6 Å². The van der Waals surface area contributed by atoms with Gasteiger partial charge < -0.3 is 9.88 Å². The van der Waals surface area contributed by atoms with Crippen LogP contribution in [0.4, 0.5) is 5.69 Å². The largest absolute Gasteiger partial charge is 0.325 e. The van der Waals surface area contributed by atoms with Gasteiger partial charge in [-0.1, -0.05) is 33.8 Å². The average molecular weight is 437 g/mol. The monoisotopic (exact) mass is 436 g/mol. The number of anilines is 1. The maximum Gasteiger partial charge on any atom is 0.234 e. The van der Waals surface area contributed by atoms with Crippen molar-refractivity contribution in [3.63, 3.8) is 0 Å². The summed E-state index contributed by atoms with van der Waals surface area (Å²) < 4.78 is 3.03. The highest BCUT2D eigenvalue weighted by atomic mass is 79.9. The van der Waals surface area contributed by atoms with Crippen molar-refractivity contribution in [2.75, 3.05) is 11.1 Å². The molecule has 1 amide bonds. The molecule has 25 heavy (non-hydrogen) atoms. The van der Waals surface area contributed by atoms with Gasteiger partial charge in [0.1, 0.15) is 0 Å². The Hall–Kier alpha value is -1.64. The molecule has 0 aliphatic rings. The molecule has 0 spiro atoms. The first-order valence-electron chi connectivity index (χ1n) is 7.74. The minimum atomic E-state index is -0.0567. The molecule has 0 saturated heterocycles. The maximum absolute atomic E-state index is 12.3. The van der Waals surface area contributed by atoms with Gasteiger partial charge in [0.25, 0.3) is 0 Å². The number of rotatable bonds is 6. The van der Waals surface area contributed by atoms with Gasteiger partial charge in [0.15, 0.2) is 11.0 Å². The van der Waals surface area contributed by atoms with Gasteiger partial charge in [-0.25, -0.2) is 0 Å². The second kappa shape index (κ2) is 8.16. The molecule has 2 aromatic heterocycles. The van der Waals surface area contributed by atoms with Crippen molar-refractivity contribution < 1.29 is 4.79 Å². The molecule has 0 bridgehead atoms. The minimum absolute atomic E-state index is 0.0567. The SMILES string of the molecule is CCn1c(SCC(=O)Nc2ccc(Br)cc2C)nnc1-c1cccs1. The summed E-state index contributed by atoms with van der Waals surface area (Å²) in [6.45, 7) is 4.78. The van der Waals surface area contributed by atoms with Crippen LogP contribution in [0.15, 0.2) is 45.3 Å². The van der Waals surface area contributed by atoms with Crippen molar-refractivity contribution in [1.29, 1.82) is 0 Å². The molecule has 3 rings (SSSR count). The van der Waals surface area contributed by atoms with Gasteiger partial charge in [0.2, 0.25) is 5.91 Å². The number of carbonyl (C=O) groups is 1. The number of benzene rings is 1. The first-order chi connectivity index (χ1) is 12.1. The number of amides is 1. The van der Waals surface area contributed by atoms with E-state index in [1.54, 1.807) is 11.3 Å². The number of aromatic nitrogens is 3. The highest BCUT2D eigenvalue weighted by Gasteiger charge is 2.15. The summed E-state index contributed by atoms with van der Waals surface area (Å²) in [7, 11) is 0. The number of nitrogens with zero attached hydrogens (tertiary/aromatic N) is 3. The van der Waals surface area contributed by atoms with Gasteiger partial charge in [0, 0.05) is 16.7 Å². The van der Waals surface area contributed by atoms with E-state index in [0.717, 1.165) is 38.1 Å². The van der Waals surface area contributed by atoms with E-state index in [1.807, 2.05) is 47.2 Å². The first kappa shape index (κ1) is 18.2. The second-order valence-electron chi connectivity index (χ2n) is 5.32. The Morgan fingerprint density at radius 3 is 2.88 bits per heavy atom. The lowest BCUT2D eigenvalue weighted by Crippen LogP contribution is -2.15. The summed E-state index contributed by atoms with van der Waals surface area (Å²) in [5.41, 5.74) is 1.84. The van der Waals surface area contributed by atoms with Crippen LogP contribution in [-0.2, 0) is 11.3 Å². The molecule has 0 fully saturated rings. The molecule has 0 radical (unpaired) electrons. The van der Waals surface area contributed by atoms with Gasteiger partial charge in [-0.3, -0.25) is 4.79 Å². The topological polar surface area (TPSA) is 59.8 Å². The zero-order valence-corrected chi connectivity index (χ0v) is 17.0. The molecule has 5 nitrogen and oxygen atoms in total. The molecule has 130 valence electrons. The van der Waals surface area contributed by atoms with Crippen LogP contribution in [0.1, 0.15) is 12.5 Å². The molecule has 0 atom stereocenters. The molecule has 2 heterocycles. The van der Waals surface area contributed by atoms with Crippen LogP contribution in [-0.4, -0.2) is 26.4 Å². The summed E-state index contributed by atoms with van der Waals surface area (Å²) in [6.07, 6.45) is 0. The lowest BCUT2D eigenvalue weighted by atomic mass is 10.2. The first-order valence-corrected chi connectivity index (χ1v) is 10.4. The number of hydrogen-bond acceptors (Lipinski definition) is 5. The third-order valence-corrected chi connectivity index (χ3v) is 5.90. The Kier molecular flexibility index (Phi) is 5.93. The second-order valence-corrected chi connectivity index (χ2v) is 8.13. The fraction of sp³-hybridized carbons (Fsp3) is 0.235. The Morgan fingerprint density at radius 1 is 1.36 bits per heavy atom. The molecule has 3 aromatic rings. The smallest absolute Gasteiger partial charge is 0.234 e. The molecule has 0 aliphatic carbocycles. The number of carbonyl (C=O) groups excluding carboxylic acids is 1. The molecular formula is C17H17BrN4OS2.